The molecular formula is C19H13F3O2S2. The van der Waals surface area contributed by atoms with Crippen molar-refractivity contribution in [1.29, 1.82) is 0 Å². The molecule has 0 saturated carbocycles. The predicted molar refractivity (Wildman–Crippen MR) is 98.5 cm³/mol. The Balaban J connectivity index is 2.37. The highest BCUT2D eigenvalue weighted by atomic mass is 32.2. The van der Waals surface area contributed by atoms with Gasteiger partial charge in [0.2, 0.25) is 10.2 Å². The maximum Gasteiger partial charge on any atom is 0.219 e. The lowest BCUT2D eigenvalue weighted by atomic mass is 10.0. The van der Waals surface area contributed by atoms with Crippen LogP contribution in [-0.2, 0) is 9.59 Å². The van der Waals surface area contributed by atoms with Crippen LogP contribution >= 0.6 is 23.5 Å². The van der Waals surface area contributed by atoms with Crippen molar-refractivity contribution in [1.82, 2.24) is 0 Å². The second kappa shape index (κ2) is 8.42. The zero-order valence-electron chi connectivity index (χ0n) is 13.6. The average Bonchev–Trinajstić information content (AvgIpc) is 2.60. The Labute approximate surface area is 157 Å². The van der Waals surface area contributed by atoms with Gasteiger partial charge in [0, 0.05) is 5.56 Å². The fourth-order valence-corrected chi connectivity index (χ4v) is 3.20. The zero-order valence-corrected chi connectivity index (χ0v) is 15.3. The quantitative estimate of drug-likeness (QED) is 0.476. The van der Waals surface area contributed by atoms with E-state index < -0.39 is 27.7 Å². The number of halogens is 3. The molecule has 7 heteroatoms. The van der Waals surface area contributed by atoms with E-state index in [1.54, 1.807) is 0 Å². The molecule has 2 aromatic rings. The van der Waals surface area contributed by atoms with Crippen LogP contribution in [0, 0.1) is 17.5 Å². The highest BCUT2D eigenvalue weighted by Gasteiger charge is 2.19. The van der Waals surface area contributed by atoms with E-state index in [0.29, 0.717) is 23.5 Å². The van der Waals surface area contributed by atoms with Gasteiger partial charge < -0.3 is 0 Å². The van der Waals surface area contributed by atoms with Crippen molar-refractivity contribution in [3.63, 3.8) is 0 Å². The third-order valence-electron chi connectivity index (χ3n) is 3.22. The SMILES string of the molecule is C=CC(=O)Sc1ccc(-c2ccc(SC(=O)C(=C)C)c(F)c2F)cc1F. The summed E-state index contributed by atoms with van der Waals surface area (Å²) in [5, 5.41) is -0.909. The largest absolute Gasteiger partial charge is 0.282 e. The van der Waals surface area contributed by atoms with Gasteiger partial charge in [-0.3, -0.25) is 9.59 Å². The van der Waals surface area contributed by atoms with Crippen LogP contribution in [0.1, 0.15) is 6.92 Å². The molecule has 0 bridgehead atoms. The number of benzene rings is 2. The fraction of sp³-hybridized carbons (Fsp3) is 0.0526. The molecule has 0 unspecified atom stereocenters. The number of hydrogen-bond donors (Lipinski definition) is 0. The number of carbonyl (C=O) groups is 2. The summed E-state index contributed by atoms with van der Waals surface area (Å²) >= 11 is 1.18. The van der Waals surface area contributed by atoms with E-state index in [1.807, 2.05) is 0 Å². The van der Waals surface area contributed by atoms with Crippen molar-refractivity contribution in [2.75, 3.05) is 0 Å². The Hall–Kier alpha value is -2.25. The first-order chi connectivity index (χ1) is 12.2. The van der Waals surface area contributed by atoms with Crippen LogP contribution in [0.3, 0.4) is 0 Å². The lowest BCUT2D eigenvalue weighted by Gasteiger charge is -2.09. The van der Waals surface area contributed by atoms with Gasteiger partial charge >= 0.3 is 0 Å². The summed E-state index contributed by atoms with van der Waals surface area (Å²) in [5.74, 6) is -3.12. The molecule has 2 nitrogen and oxygen atoms in total. The molecule has 26 heavy (non-hydrogen) atoms. The monoisotopic (exact) mass is 394 g/mol. The van der Waals surface area contributed by atoms with Crippen LogP contribution in [-0.4, -0.2) is 10.2 Å². The first kappa shape index (κ1) is 20.1. The van der Waals surface area contributed by atoms with Crippen LogP contribution < -0.4 is 0 Å². The van der Waals surface area contributed by atoms with E-state index >= 15 is 0 Å². The number of carbonyl (C=O) groups excluding carboxylic acids is 2. The Morgan fingerprint density at radius 2 is 1.65 bits per heavy atom. The normalized spacial score (nSPS) is 10.5. The first-order valence-electron chi connectivity index (χ1n) is 7.24. The van der Waals surface area contributed by atoms with Gasteiger partial charge in [-0.15, -0.1) is 0 Å². The first-order valence-corrected chi connectivity index (χ1v) is 8.87. The number of rotatable bonds is 5. The third kappa shape index (κ3) is 4.47. The molecule has 0 aromatic heterocycles. The second-order valence-corrected chi connectivity index (χ2v) is 7.24. The highest BCUT2D eigenvalue weighted by Crippen LogP contribution is 2.34. The molecule has 0 radical (unpaired) electrons. The van der Waals surface area contributed by atoms with E-state index in [9.17, 15) is 22.8 Å². The topological polar surface area (TPSA) is 34.1 Å². The summed E-state index contributed by atoms with van der Waals surface area (Å²) in [6.45, 7) is 8.22. The third-order valence-corrected chi connectivity index (χ3v) is 5.21. The molecule has 0 atom stereocenters. The van der Waals surface area contributed by atoms with Crippen LogP contribution in [0.25, 0.3) is 11.1 Å². The van der Waals surface area contributed by atoms with Crippen LogP contribution in [0.4, 0.5) is 13.2 Å². The summed E-state index contributed by atoms with van der Waals surface area (Å²) in [4.78, 5) is 22.8. The van der Waals surface area contributed by atoms with E-state index in [4.69, 9.17) is 0 Å². The maximum atomic E-state index is 14.4. The predicted octanol–water partition coefficient (Wildman–Crippen LogP) is 5.77. The van der Waals surface area contributed by atoms with Crippen molar-refractivity contribution < 1.29 is 22.8 Å². The zero-order chi connectivity index (χ0) is 19.4. The summed E-state index contributed by atoms with van der Waals surface area (Å²) in [5.41, 5.74) is 0.167. The van der Waals surface area contributed by atoms with Gasteiger partial charge in [-0.1, -0.05) is 25.3 Å². The minimum absolute atomic E-state index is 0.0544. The van der Waals surface area contributed by atoms with Gasteiger partial charge in [0.05, 0.1) is 9.79 Å². The minimum atomic E-state index is -1.19. The lowest BCUT2D eigenvalue weighted by Crippen LogP contribution is -1.97. The molecule has 0 aliphatic carbocycles. The second-order valence-electron chi connectivity index (χ2n) is 5.18. The van der Waals surface area contributed by atoms with E-state index in [-0.39, 0.29) is 26.5 Å². The fourth-order valence-electron chi connectivity index (χ4n) is 1.92. The van der Waals surface area contributed by atoms with E-state index in [1.165, 1.54) is 31.2 Å². The van der Waals surface area contributed by atoms with Crippen molar-refractivity contribution in [3.8, 4) is 11.1 Å². The number of thioether (sulfide) groups is 2. The molecule has 134 valence electrons. The minimum Gasteiger partial charge on any atom is -0.282 e. The van der Waals surface area contributed by atoms with Crippen LogP contribution in [0.15, 0.2) is 64.9 Å². The van der Waals surface area contributed by atoms with Gasteiger partial charge in [0.1, 0.15) is 5.82 Å². The summed E-state index contributed by atoms with van der Waals surface area (Å²) in [6.07, 6.45) is 1.05. The molecule has 0 spiro atoms. The van der Waals surface area contributed by atoms with Gasteiger partial charge in [0.15, 0.2) is 11.6 Å². The Morgan fingerprint density at radius 3 is 2.23 bits per heavy atom. The summed E-state index contributed by atoms with van der Waals surface area (Å²) in [7, 11) is 0. The smallest absolute Gasteiger partial charge is 0.219 e. The lowest BCUT2D eigenvalue weighted by molar-refractivity contribution is -0.108. The molecule has 0 aliphatic rings. The molecule has 0 heterocycles. The molecule has 0 N–H and O–H groups in total. The molecular weight excluding hydrogens is 381 g/mol. The Kier molecular flexibility index (Phi) is 6.50. The van der Waals surface area contributed by atoms with Crippen LogP contribution in [0.2, 0.25) is 0 Å². The molecule has 0 fully saturated rings. The molecule has 0 saturated heterocycles. The van der Waals surface area contributed by atoms with Gasteiger partial charge in [-0.05, 0) is 65.9 Å². The summed E-state index contributed by atoms with van der Waals surface area (Å²) < 4.78 is 42.7. The van der Waals surface area contributed by atoms with Gasteiger partial charge in [-0.25, -0.2) is 13.2 Å². The summed E-state index contributed by atoms with van der Waals surface area (Å²) in [6, 6.07) is 6.22. The van der Waals surface area contributed by atoms with Crippen molar-refractivity contribution >= 4 is 33.8 Å². The van der Waals surface area contributed by atoms with Crippen molar-refractivity contribution in [2.45, 2.75) is 16.7 Å². The Morgan fingerprint density at radius 1 is 1.00 bits per heavy atom. The van der Waals surface area contributed by atoms with Gasteiger partial charge in [0.25, 0.3) is 0 Å². The molecule has 2 aromatic carbocycles. The maximum absolute atomic E-state index is 14.4. The number of hydrogen-bond acceptors (Lipinski definition) is 4. The Bertz CT molecular complexity index is 923. The van der Waals surface area contributed by atoms with E-state index in [2.05, 4.69) is 13.2 Å². The van der Waals surface area contributed by atoms with Crippen molar-refractivity contribution in [3.05, 3.63) is 72.6 Å². The molecule has 0 amide bonds. The average molecular weight is 394 g/mol. The standard InChI is InChI=1S/C19H13F3O2S2/c1-4-16(23)25-14-7-5-11(9-13(14)20)12-6-8-15(18(22)17(12)21)26-19(24)10(2)3/h4-9H,1-2H2,3H3. The van der Waals surface area contributed by atoms with Crippen LogP contribution in [0.5, 0.6) is 0 Å². The molecule has 2 rings (SSSR count). The van der Waals surface area contributed by atoms with Crippen molar-refractivity contribution in [2.24, 2.45) is 0 Å². The van der Waals surface area contributed by atoms with Gasteiger partial charge in [-0.2, -0.15) is 0 Å². The highest BCUT2D eigenvalue weighted by molar-refractivity contribution is 8.14. The van der Waals surface area contributed by atoms with E-state index in [0.717, 1.165) is 12.1 Å². The molecule has 0 aliphatic heterocycles.